The molecule has 2 aromatic rings. The molecule has 0 radical (unpaired) electrons. The van der Waals surface area contributed by atoms with E-state index >= 15 is 0 Å². The zero-order chi connectivity index (χ0) is 16.1. The average molecular weight is 342 g/mol. The molecule has 0 bridgehead atoms. The second-order valence-corrected chi connectivity index (χ2v) is 5.87. The van der Waals surface area contributed by atoms with E-state index in [9.17, 15) is 4.79 Å². The summed E-state index contributed by atoms with van der Waals surface area (Å²) in [6.45, 7) is 2.20. The van der Waals surface area contributed by atoms with Crippen LogP contribution in [-0.4, -0.2) is 33.6 Å². The van der Waals surface area contributed by atoms with Crippen LogP contribution in [0.15, 0.2) is 23.4 Å². The highest BCUT2D eigenvalue weighted by Crippen LogP contribution is 2.22. The number of aryl methyl sites for hydroxylation is 1. The number of carbonyl (C=O) groups excluding carboxylic acids is 1. The number of ether oxygens (including phenoxy) is 2. The van der Waals surface area contributed by atoms with Crippen LogP contribution in [0.2, 0.25) is 5.02 Å². The number of halogens is 1. The number of hydrogen-bond donors (Lipinski definition) is 0. The van der Waals surface area contributed by atoms with E-state index in [0.29, 0.717) is 21.8 Å². The molecule has 2 rings (SSSR count). The van der Waals surface area contributed by atoms with E-state index in [4.69, 9.17) is 16.3 Å². The van der Waals surface area contributed by atoms with Gasteiger partial charge in [-0.1, -0.05) is 23.4 Å². The minimum atomic E-state index is -0.303. The van der Waals surface area contributed by atoms with Crippen molar-refractivity contribution in [2.75, 3.05) is 12.9 Å². The molecular formula is C14H16ClN3O3S. The molecule has 0 N–H and O–H groups in total. The maximum Gasteiger partial charge on any atom is 0.316 e. The molecule has 22 heavy (non-hydrogen) atoms. The molecule has 0 unspecified atom stereocenters. The van der Waals surface area contributed by atoms with Gasteiger partial charge in [0.15, 0.2) is 11.0 Å². The van der Waals surface area contributed by atoms with Crippen molar-refractivity contribution in [1.29, 1.82) is 0 Å². The van der Waals surface area contributed by atoms with Gasteiger partial charge in [0.05, 0.1) is 12.9 Å². The van der Waals surface area contributed by atoms with Crippen molar-refractivity contribution in [3.05, 3.63) is 34.6 Å². The van der Waals surface area contributed by atoms with Crippen molar-refractivity contribution < 1.29 is 14.3 Å². The van der Waals surface area contributed by atoms with Gasteiger partial charge in [0.2, 0.25) is 0 Å². The first kappa shape index (κ1) is 16.6. The van der Waals surface area contributed by atoms with Crippen LogP contribution < -0.4 is 4.74 Å². The van der Waals surface area contributed by atoms with Crippen LogP contribution in [0.3, 0.4) is 0 Å². The first-order valence-electron chi connectivity index (χ1n) is 6.48. The zero-order valence-electron chi connectivity index (χ0n) is 12.5. The standard InChI is InChI=1S/C14H16ClN3O3S/c1-9-6-10(4-5-11(9)15)21-7-12-16-17-14(18(12)2)22-8-13(19)20-3/h4-6H,7-8H2,1-3H3. The van der Waals surface area contributed by atoms with E-state index in [1.807, 2.05) is 20.0 Å². The van der Waals surface area contributed by atoms with Crippen LogP contribution >= 0.6 is 23.4 Å². The lowest BCUT2D eigenvalue weighted by atomic mass is 10.2. The fourth-order valence-electron chi connectivity index (χ4n) is 1.63. The molecule has 0 amide bonds. The SMILES string of the molecule is COC(=O)CSc1nnc(COc2ccc(Cl)c(C)c2)n1C. The van der Waals surface area contributed by atoms with Crippen molar-refractivity contribution >= 4 is 29.3 Å². The third-order valence-electron chi connectivity index (χ3n) is 2.97. The molecule has 1 aromatic carbocycles. The third kappa shape index (κ3) is 4.14. The number of benzene rings is 1. The molecular weight excluding hydrogens is 326 g/mol. The van der Waals surface area contributed by atoms with Gasteiger partial charge in [-0.15, -0.1) is 10.2 Å². The Labute approximate surface area is 137 Å². The second kappa shape index (κ2) is 7.51. The summed E-state index contributed by atoms with van der Waals surface area (Å²) in [4.78, 5) is 11.1. The summed E-state index contributed by atoms with van der Waals surface area (Å²) in [7, 11) is 3.18. The quantitative estimate of drug-likeness (QED) is 0.594. The molecule has 0 aliphatic rings. The van der Waals surface area contributed by atoms with Crippen LogP contribution in [0.1, 0.15) is 11.4 Å². The summed E-state index contributed by atoms with van der Waals surface area (Å²) in [5.41, 5.74) is 0.950. The van der Waals surface area contributed by atoms with Gasteiger partial charge in [-0.05, 0) is 30.7 Å². The average Bonchev–Trinajstić information content (AvgIpc) is 2.86. The molecule has 0 atom stereocenters. The fourth-order valence-corrected chi connectivity index (χ4v) is 2.51. The van der Waals surface area contributed by atoms with Gasteiger partial charge < -0.3 is 14.0 Å². The van der Waals surface area contributed by atoms with E-state index in [0.717, 1.165) is 5.56 Å². The van der Waals surface area contributed by atoms with E-state index in [-0.39, 0.29) is 18.3 Å². The predicted octanol–water partition coefficient (Wildman–Crippen LogP) is 2.62. The van der Waals surface area contributed by atoms with Crippen LogP contribution in [0.25, 0.3) is 0 Å². The molecule has 0 aliphatic carbocycles. The lowest BCUT2D eigenvalue weighted by Crippen LogP contribution is -2.06. The molecule has 1 aromatic heterocycles. The van der Waals surface area contributed by atoms with Gasteiger partial charge in [-0.3, -0.25) is 4.79 Å². The summed E-state index contributed by atoms with van der Waals surface area (Å²) in [5.74, 6) is 1.27. The Balaban J connectivity index is 1.97. The van der Waals surface area contributed by atoms with Crippen molar-refractivity contribution in [3.8, 4) is 5.75 Å². The Hall–Kier alpha value is -1.73. The minimum Gasteiger partial charge on any atom is -0.486 e. The van der Waals surface area contributed by atoms with Crippen LogP contribution in [0, 0.1) is 6.92 Å². The maximum atomic E-state index is 11.1. The highest BCUT2D eigenvalue weighted by atomic mass is 35.5. The molecule has 118 valence electrons. The molecule has 6 nitrogen and oxygen atoms in total. The topological polar surface area (TPSA) is 66.2 Å². The van der Waals surface area contributed by atoms with Crippen molar-refractivity contribution in [3.63, 3.8) is 0 Å². The molecule has 0 fully saturated rings. The van der Waals surface area contributed by atoms with E-state index in [2.05, 4.69) is 14.9 Å². The van der Waals surface area contributed by atoms with Gasteiger partial charge in [0, 0.05) is 12.1 Å². The Bertz CT molecular complexity index is 675. The summed E-state index contributed by atoms with van der Waals surface area (Å²) in [6, 6.07) is 5.46. The number of rotatable bonds is 6. The van der Waals surface area contributed by atoms with E-state index < -0.39 is 0 Å². The van der Waals surface area contributed by atoms with Crippen LogP contribution in [0.5, 0.6) is 5.75 Å². The molecule has 0 saturated carbocycles. The zero-order valence-corrected chi connectivity index (χ0v) is 14.1. The Kier molecular flexibility index (Phi) is 5.68. The Morgan fingerprint density at radius 1 is 1.41 bits per heavy atom. The van der Waals surface area contributed by atoms with E-state index in [1.54, 1.807) is 16.7 Å². The smallest absolute Gasteiger partial charge is 0.316 e. The molecule has 8 heteroatoms. The van der Waals surface area contributed by atoms with Gasteiger partial charge in [0.25, 0.3) is 0 Å². The largest absolute Gasteiger partial charge is 0.486 e. The number of methoxy groups -OCH3 is 1. The number of carbonyl (C=O) groups is 1. The molecule has 0 spiro atoms. The summed E-state index contributed by atoms with van der Waals surface area (Å²) >= 11 is 7.24. The molecule has 0 aliphatic heterocycles. The fraction of sp³-hybridized carbons (Fsp3) is 0.357. The lowest BCUT2D eigenvalue weighted by molar-refractivity contribution is -0.137. The first-order chi connectivity index (χ1) is 10.5. The Morgan fingerprint density at radius 2 is 2.18 bits per heavy atom. The lowest BCUT2D eigenvalue weighted by Gasteiger charge is -2.07. The summed E-state index contributed by atoms with van der Waals surface area (Å²) in [6.07, 6.45) is 0. The van der Waals surface area contributed by atoms with Crippen molar-refractivity contribution in [2.24, 2.45) is 7.05 Å². The van der Waals surface area contributed by atoms with Crippen LogP contribution in [-0.2, 0) is 23.2 Å². The predicted molar refractivity (Wildman–Crippen MR) is 84.3 cm³/mol. The van der Waals surface area contributed by atoms with Crippen molar-refractivity contribution in [2.45, 2.75) is 18.7 Å². The third-order valence-corrected chi connectivity index (χ3v) is 4.39. The van der Waals surface area contributed by atoms with E-state index in [1.165, 1.54) is 18.9 Å². The van der Waals surface area contributed by atoms with Crippen molar-refractivity contribution in [1.82, 2.24) is 14.8 Å². The highest BCUT2D eigenvalue weighted by molar-refractivity contribution is 7.99. The molecule has 0 saturated heterocycles. The van der Waals surface area contributed by atoms with Gasteiger partial charge >= 0.3 is 5.97 Å². The summed E-state index contributed by atoms with van der Waals surface area (Å²) < 4.78 is 12.1. The number of hydrogen-bond acceptors (Lipinski definition) is 6. The van der Waals surface area contributed by atoms with Crippen LogP contribution in [0.4, 0.5) is 0 Å². The highest BCUT2D eigenvalue weighted by Gasteiger charge is 2.12. The van der Waals surface area contributed by atoms with Gasteiger partial charge in [-0.2, -0.15) is 0 Å². The first-order valence-corrected chi connectivity index (χ1v) is 7.84. The maximum absolute atomic E-state index is 11.1. The Morgan fingerprint density at radius 3 is 2.86 bits per heavy atom. The summed E-state index contributed by atoms with van der Waals surface area (Å²) in [5, 5.41) is 9.43. The minimum absolute atomic E-state index is 0.194. The number of esters is 1. The second-order valence-electron chi connectivity index (χ2n) is 4.52. The van der Waals surface area contributed by atoms with Gasteiger partial charge in [0.1, 0.15) is 12.4 Å². The molecule has 1 heterocycles. The number of aromatic nitrogens is 3. The number of thioether (sulfide) groups is 1. The number of nitrogens with zero attached hydrogens (tertiary/aromatic N) is 3. The monoisotopic (exact) mass is 341 g/mol. The normalized spacial score (nSPS) is 10.5. The van der Waals surface area contributed by atoms with Gasteiger partial charge in [-0.25, -0.2) is 0 Å².